The molecule has 2 aromatic heterocycles. The van der Waals surface area contributed by atoms with Crippen LogP contribution in [0, 0.1) is 13.8 Å². The van der Waals surface area contributed by atoms with Crippen molar-refractivity contribution in [3.8, 4) is 0 Å². The van der Waals surface area contributed by atoms with Gasteiger partial charge in [0.05, 0.1) is 12.4 Å². The molecule has 1 aliphatic rings. The van der Waals surface area contributed by atoms with Gasteiger partial charge in [-0.1, -0.05) is 13.8 Å². The van der Waals surface area contributed by atoms with Gasteiger partial charge in [0.2, 0.25) is 0 Å². The second-order valence-corrected chi connectivity index (χ2v) is 3.70. The van der Waals surface area contributed by atoms with E-state index in [2.05, 4.69) is 9.97 Å². The highest BCUT2D eigenvalue weighted by molar-refractivity contribution is 5.03. The summed E-state index contributed by atoms with van der Waals surface area (Å²) >= 11 is 0. The molecule has 0 aliphatic heterocycles. The lowest BCUT2D eigenvalue weighted by molar-refractivity contribution is 0.473. The Kier molecular flexibility index (Phi) is 5.46. The molecule has 0 atom stereocenters. The van der Waals surface area contributed by atoms with Gasteiger partial charge in [0.1, 0.15) is 11.5 Å². The summed E-state index contributed by atoms with van der Waals surface area (Å²) in [6.45, 7) is 7.78. The Balaban J connectivity index is 0.000000158. The van der Waals surface area contributed by atoms with Crippen molar-refractivity contribution in [2.75, 3.05) is 0 Å². The van der Waals surface area contributed by atoms with E-state index in [0.29, 0.717) is 5.92 Å². The van der Waals surface area contributed by atoms with Crippen LogP contribution >= 0.6 is 0 Å². The van der Waals surface area contributed by atoms with Gasteiger partial charge in [-0.15, -0.1) is 0 Å². The third-order valence-electron chi connectivity index (χ3n) is 2.12. The number of aryl methyl sites for hydroxylation is 2. The molecule has 1 aliphatic carbocycles. The lowest BCUT2D eigenvalue weighted by Gasteiger charge is -1.83. The molecule has 0 saturated heterocycles. The molecule has 1 fully saturated rings. The van der Waals surface area contributed by atoms with Crippen LogP contribution in [0.4, 0.5) is 0 Å². The Labute approximate surface area is 102 Å². The van der Waals surface area contributed by atoms with E-state index in [4.69, 9.17) is 8.83 Å². The lowest BCUT2D eigenvalue weighted by Crippen LogP contribution is -1.73. The normalized spacial score (nSPS) is 13.2. The smallest absolute Gasteiger partial charge is 0.197 e. The minimum Gasteiger partial charge on any atom is -0.449 e. The van der Waals surface area contributed by atoms with E-state index in [-0.39, 0.29) is 0 Å². The highest BCUT2D eigenvalue weighted by Crippen LogP contribution is 2.39. The predicted molar refractivity (Wildman–Crippen MR) is 65.8 cm³/mol. The number of hydrogen-bond donors (Lipinski definition) is 0. The zero-order valence-corrected chi connectivity index (χ0v) is 10.9. The van der Waals surface area contributed by atoms with Crippen molar-refractivity contribution in [3.63, 3.8) is 0 Å². The van der Waals surface area contributed by atoms with Gasteiger partial charge in [0.15, 0.2) is 12.3 Å². The van der Waals surface area contributed by atoms with Crippen LogP contribution in [-0.2, 0) is 0 Å². The Morgan fingerprint density at radius 1 is 1.12 bits per heavy atom. The summed E-state index contributed by atoms with van der Waals surface area (Å²) in [5.41, 5.74) is 0. The maximum absolute atomic E-state index is 5.30. The van der Waals surface area contributed by atoms with Crippen molar-refractivity contribution >= 4 is 0 Å². The zero-order valence-electron chi connectivity index (χ0n) is 10.9. The molecule has 0 amide bonds. The highest BCUT2D eigenvalue weighted by Gasteiger charge is 2.27. The molecule has 0 aromatic carbocycles. The van der Waals surface area contributed by atoms with Gasteiger partial charge in [0, 0.05) is 5.92 Å². The van der Waals surface area contributed by atoms with Crippen molar-refractivity contribution in [1.29, 1.82) is 0 Å². The van der Waals surface area contributed by atoms with E-state index in [9.17, 15) is 0 Å². The van der Waals surface area contributed by atoms with Crippen LogP contribution in [0.1, 0.15) is 50.0 Å². The van der Waals surface area contributed by atoms with Crippen LogP contribution in [-0.4, -0.2) is 9.97 Å². The first-order valence-corrected chi connectivity index (χ1v) is 6.03. The van der Waals surface area contributed by atoms with Gasteiger partial charge in [-0.25, -0.2) is 9.97 Å². The van der Waals surface area contributed by atoms with Gasteiger partial charge in [-0.05, 0) is 26.7 Å². The standard InChI is InChI=1S/C7H9NO.C4H5NO.C2H6/c1-5-4-8-7(9-5)6-2-3-6;1-4-2-5-3-6-4;1-2/h4,6H,2-3H2,1H3;2-3H,1H3;1-2H3. The van der Waals surface area contributed by atoms with Gasteiger partial charge < -0.3 is 8.83 Å². The summed E-state index contributed by atoms with van der Waals surface area (Å²) in [5.74, 6) is 3.37. The molecule has 0 N–H and O–H groups in total. The summed E-state index contributed by atoms with van der Waals surface area (Å²) in [4.78, 5) is 7.77. The molecule has 3 rings (SSSR count). The second kappa shape index (κ2) is 6.89. The second-order valence-electron chi connectivity index (χ2n) is 3.70. The Morgan fingerprint density at radius 2 is 1.82 bits per heavy atom. The molecule has 2 heterocycles. The van der Waals surface area contributed by atoms with Crippen LogP contribution in [0.3, 0.4) is 0 Å². The molecule has 1 saturated carbocycles. The van der Waals surface area contributed by atoms with Crippen molar-refractivity contribution in [3.05, 3.63) is 36.2 Å². The molecule has 0 unspecified atom stereocenters. The average molecular weight is 236 g/mol. The molecule has 94 valence electrons. The molecule has 4 heteroatoms. The molecular weight excluding hydrogens is 216 g/mol. The fourth-order valence-corrected chi connectivity index (χ4v) is 1.17. The van der Waals surface area contributed by atoms with E-state index in [1.165, 1.54) is 19.2 Å². The summed E-state index contributed by atoms with van der Waals surface area (Å²) < 4.78 is 10.0. The minimum absolute atomic E-state index is 0.652. The number of aromatic nitrogens is 2. The van der Waals surface area contributed by atoms with Crippen LogP contribution in [0.2, 0.25) is 0 Å². The molecule has 0 bridgehead atoms. The lowest BCUT2D eigenvalue weighted by atomic mass is 10.4. The molecule has 0 radical (unpaired) electrons. The number of oxazole rings is 2. The van der Waals surface area contributed by atoms with Gasteiger partial charge in [0.25, 0.3) is 0 Å². The minimum atomic E-state index is 0.652. The summed E-state index contributed by atoms with van der Waals surface area (Å²) in [6, 6.07) is 0. The van der Waals surface area contributed by atoms with Crippen molar-refractivity contribution in [2.45, 2.75) is 46.5 Å². The number of nitrogens with zero attached hydrogens (tertiary/aromatic N) is 2. The van der Waals surface area contributed by atoms with Gasteiger partial charge in [-0.2, -0.15) is 0 Å². The van der Waals surface area contributed by atoms with Gasteiger partial charge >= 0.3 is 0 Å². The van der Waals surface area contributed by atoms with E-state index >= 15 is 0 Å². The predicted octanol–water partition coefficient (Wildman–Crippen LogP) is 3.87. The molecule has 17 heavy (non-hydrogen) atoms. The van der Waals surface area contributed by atoms with Crippen LogP contribution in [0.25, 0.3) is 0 Å². The van der Waals surface area contributed by atoms with E-state index < -0.39 is 0 Å². The first kappa shape index (κ1) is 13.5. The number of hydrogen-bond acceptors (Lipinski definition) is 4. The first-order valence-electron chi connectivity index (χ1n) is 6.03. The van der Waals surface area contributed by atoms with Crippen molar-refractivity contribution in [1.82, 2.24) is 9.97 Å². The SMILES string of the molecule is CC.Cc1cnc(C2CC2)o1.Cc1cnco1. The maximum atomic E-state index is 5.30. The van der Waals surface area contributed by atoms with Crippen molar-refractivity contribution < 1.29 is 8.83 Å². The first-order chi connectivity index (χ1) is 8.25. The fraction of sp³-hybridized carbons (Fsp3) is 0.538. The maximum Gasteiger partial charge on any atom is 0.197 e. The fourth-order valence-electron chi connectivity index (χ4n) is 1.17. The van der Waals surface area contributed by atoms with Gasteiger partial charge in [-0.3, -0.25) is 0 Å². The van der Waals surface area contributed by atoms with E-state index in [1.807, 2.05) is 27.7 Å². The van der Waals surface area contributed by atoms with Crippen LogP contribution < -0.4 is 0 Å². The Bertz CT molecular complexity index is 403. The molecule has 0 spiro atoms. The molecule has 4 nitrogen and oxygen atoms in total. The van der Waals surface area contributed by atoms with E-state index in [1.54, 1.807) is 12.4 Å². The quantitative estimate of drug-likeness (QED) is 0.754. The third-order valence-corrected chi connectivity index (χ3v) is 2.12. The Hall–Kier alpha value is -1.58. The largest absolute Gasteiger partial charge is 0.449 e. The zero-order chi connectivity index (χ0) is 12.7. The topological polar surface area (TPSA) is 52.1 Å². The summed E-state index contributed by atoms with van der Waals surface area (Å²) in [6.07, 6.45) is 7.39. The molecular formula is C13H20N2O2. The monoisotopic (exact) mass is 236 g/mol. The number of rotatable bonds is 1. The summed E-state index contributed by atoms with van der Waals surface area (Å²) in [7, 11) is 0. The highest BCUT2D eigenvalue weighted by atomic mass is 16.4. The average Bonchev–Trinajstić information content (AvgIpc) is 2.94. The van der Waals surface area contributed by atoms with E-state index in [0.717, 1.165) is 17.4 Å². The van der Waals surface area contributed by atoms with Crippen LogP contribution in [0.5, 0.6) is 0 Å². The third kappa shape index (κ3) is 4.85. The van der Waals surface area contributed by atoms with Crippen molar-refractivity contribution in [2.24, 2.45) is 0 Å². The molecule has 2 aromatic rings. The van der Waals surface area contributed by atoms with Crippen LogP contribution in [0.15, 0.2) is 27.6 Å². The Morgan fingerprint density at radius 3 is 2.12 bits per heavy atom. The summed E-state index contributed by atoms with van der Waals surface area (Å²) in [5, 5.41) is 0.